The summed E-state index contributed by atoms with van der Waals surface area (Å²) in [5.74, 6) is 1.73. The van der Waals surface area contributed by atoms with Crippen molar-refractivity contribution in [2.75, 3.05) is 73.3 Å². The summed E-state index contributed by atoms with van der Waals surface area (Å²) >= 11 is 5.96. The van der Waals surface area contributed by atoms with Crippen molar-refractivity contribution in [3.05, 3.63) is 93.5 Å². The third-order valence-electron chi connectivity index (χ3n) is 8.37. The van der Waals surface area contributed by atoms with Gasteiger partial charge in [0.25, 0.3) is 11.5 Å². The Morgan fingerprint density at radius 3 is 2.31 bits per heavy atom. The number of para-hydroxylation sites is 1. The molecule has 1 saturated heterocycles. The lowest BCUT2D eigenvalue weighted by Gasteiger charge is -2.34. The van der Waals surface area contributed by atoms with E-state index in [4.69, 9.17) is 35.5 Å². The number of amides is 1. The van der Waals surface area contributed by atoms with Gasteiger partial charge in [-0.1, -0.05) is 29.8 Å². The fourth-order valence-electron chi connectivity index (χ4n) is 5.81. The molecule has 0 aliphatic carbocycles. The number of carbonyl (C=O) groups is 1. The van der Waals surface area contributed by atoms with E-state index in [-0.39, 0.29) is 24.2 Å². The van der Waals surface area contributed by atoms with E-state index in [9.17, 15) is 9.59 Å². The Bertz CT molecular complexity index is 1730. The van der Waals surface area contributed by atoms with Gasteiger partial charge in [0.2, 0.25) is 0 Å². The summed E-state index contributed by atoms with van der Waals surface area (Å²) in [6, 6.07) is 20.4. The van der Waals surface area contributed by atoms with Crippen LogP contribution in [0.1, 0.15) is 25.2 Å². The standard InChI is InChI=1S/C37H46ClN5O6/c1-27(2)49-34-14-9-28(24-41(19-21-46-3)20-22-47-4)23-33(34)43-35(39-32-8-6-5-7-31(32)37(43)45)25-40-15-17-42(18-16-40)36(44)26-48-30-12-10-29(38)11-13-30/h5-14,23,27H,15-22,24-26H2,1-4H3. The first kappa shape index (κ1) is 36.3. The highest BCUT2D eigenvalue weighted by molar-refractivity contribution is 6.30. The molecule has 4 aromatic rings. The maximum atomic E-state index is 14.3. The molecule has 0 radical (unpaired) electrons. The first-order valence-corrected chi connectivity index (χ1v) is 17.0. The Morgan fingerprint density at radius 2 is 1.63 bits per heavy atom. The number of benzene rings is 3. The van der Waals surface area contributed by atoms with Crippen LogP contribution in [-0.2, 0) is 27.4 Å². The van der Waals surface area contributed by atoms with Gasteiger partial charge in [0.05, 0.1) is 42.5 Å². The average Bonchev–Trinajstić information content (AvgIpc) is 3.10. The highest BCUT2D eigenvalue weighted by Crippen LogP contribution is 2.28. The predicted molar refractivity (Wildman–Crippen MR) is 191 cm³/mol. The van der Waals surface area contributed by atoms with Gasteiger partial charge in [0.15, 0.2) is 6.61 Å². The highest BCUT2D eigenvalue weighted by Gasteiger charge is 2.25. The summed E-state index contributed by atoms with van der Waals surface area (Å²) in [5.41, 5.74) is 2.16. The Balaban J connectivity index is 1.41. The summed E-state index contributed by atoms with van der Waals surface area (Å²) in [6.07, 6.45) is -0.105. The molecule has 1 aromatic heterocycles. The summed E-state index contributed by atoms with van der Waals surface area (Å²) in [5, 5.41) is 1.14. The molecule has 0 unspecified atom stereocenters. The Kier molecular flexibility index (Phi) is 13.0. The van der Waals surface area contributed by atoms with Crippen molar-refractivity contribution in [2.45, 2.75) is 33.0 Å². The number of ether oxygens (including phenoxy) is 4. The van der Waals surface area contributed by atoms with Crippen LogP contribution in [-0.4, -0.2) is 110 Å². The summed E-state index contributed by atoms with van der Waals surface area (Å²) in [7, 11) is 3.39. The first-order chi connectivity index (χ1) is 23.7. The van der Waals surface area contributed by atoms with Gasteiger partial charge >= 0.3 is 0 Å². The lowest BCUT2D eigenvalue weighted by Crippen LogP contribution is -2.50. The molecule has 0 saturated carbocycles. The molecule has 3 aromatic carbocycles. The van der Waals surface area contributed by atoms with E-state index in [1.807, 2.05) is 61.2 Å². The van der Waals surface area contributed by atoms with Crippen LogP contribution in [0.15, 0.2) is 71.5 Å². The van der Waals surface area contributed by atoms with Gasteiger partial charge < -0.3 is 23.8 Å². The van der Waals surface area contributed by atoms with Crippen LogP contribution >= 0.6 is 11.6 Å². The van der Waals surface area contributed by atoms with Gasteiger partial charge in [0.1, 0.15) is 17.3 Å². The minimum atomic E-state index is -0.157. The van der Waals surface area contributed by atoms with Crippen LogP contribution < -0.4 is 15.0 Å². The van der Waals surface area contributed by atoms with Gasteiger partial charge in [0, 0.05) is 65.1 Å². The quantitative estimate of drug-likeness (QED) is 0.166. The molecule has 0 atom stereocenters. The van der Waals surface area contributed by atoms with Crippen LogP contribution in [0.3, 0.4) is 0 Å². The second kappa shape index (κ2) is 17.6. The Hall–Kier alpha value is -4.00. The van der Waals surface area contributed by atoms with E-state index in [1.165, 1.54) is 0 Å². The molecule has 0 N–H and O–H groups in total. The number of methoxy groups -OCH3 is 2. The molecule has 2 heterocycles. The maximum Gasteiger partial charge on any atom is 0.266 e. The fourth-order valence-corrected chi connectivity index (χ4v) is 5.94. The first-order valence-electron chi connectivity index (χ1n) is 16.6. The molecular weight excluding hydrogens is 646 g/mol. The number of fused-ring (bicyclic) bond motifs is 1. The molecule has 1 aliphatic rings. The van der Waals surface area contributed by atoms with Crippen molar-refractivity contribution in [2.24, 2.45) is 0 Å². The predicted octanol–water partition coefficient (Wildman–Crippen LogP) is 4.64. The number of rotatable bonds is 16. The molecule has 12 heteroatoms. The van der Waals surface area contributed by atoms with Gasteiger partial charge in [-0.05, 0) is 67.9 Å². The number of aromatic nitrogens is 2. The average molecular weight is 692 g/mol. The number of carbonyl (C=O) groups excluding carboxylic acids is 1. The smallest absolute Gasteiger partial charge is 0.266 e. The normalized spacial score (nSPS) is 13.8. The molecule has 262 valence electrons. The minimum absolute atomic E-state index is 0.0449. The van der Waals surface area contributed by atoms with Gasteiger partial charge in [-0.3, -0.25) is 24.0 Å². The van der Waals surface area contributed by atoms with Crippen molar-refractivity contribution in [3.8, 4) is 17.2 Å². The van der Waals surface area contributed by atoms with E-state index in [2.05, 4.69) is 9.80 Å². The van der Waals surface area contributed by atoms with Gasteiger partial charge in [-0.2, -0.15) is 0 Å². The van der Waals surface area contributed by atoms with E-state index < -0.39 is 0 Å². The highest BCUT2D eigenvalue weighted by atomic mass is 35.5. The van der Waals surface area contributed by atoms with Crippen molar-refractivity contribution >= 4 is 28.4 Å². The largest absolute Gasteiger partial charge is 0.489 e. The molecule has 11 nitrogen and oxygen atoms in total. The van der Waals surface area contributed by atoms with E-state index in [0.717, 1.165) is 18.7 Å². The van der Waals surface area contributed by atoms with Crippen LogP contribution in [0.25, 0.3) is 16.6 Å². The van der Waals surface area contributed by atoms with E-state index >= 15 is 0 Å². The molecule has 0 spiro atoms. The topological polar surface area (TPSA) is 98.6 Å². The molecule has 5 rings (SSSR count). The summed E-state index contributed by atoms with van der Waals surface area (Å²) in [4.78, 5) is 38.6. The second-order valence-electron chi connectivity index (χ2n) is 12.3. The zero-order chi connectivity index (χ0) is 34.8. The Morgan fingerprint density at radius 1 is 0.939 bits per heavy atom. The number of piperazine rings is 1. The SMILES string of the molecule is COCCN(CCOC)Cc1ccc(OC(C)C)c(-n2c(CN3CCN(C(=O)COc4ccc(Cl)cc4)CC3)nc3ccccc3c2=O)c1. The van der Waals surface area contributed by atoms with Gasteiger partial charge in [-0.15, -0.1) is 0 Å². The molecule has 49 heavy (non-hydrogen) atoms. The number of halogens is 1. The molecule has 0 bridgehead atoms. The van der Waals surface area contributed by atoms with Crippen molar-refractivity contribution in [1.82, 2.24) is 24.3 Å². The maximum absolute atomic E-state index is 14.3. The van der Waals surface area contributed by atoms with Crippen LogP contribution in [0.4, 0.5) is 0 Å². The van der Waals surface area contributed by atoms with E-state index in [1.54, 1.807) is 43.1 Å². The third-order valence-corrected chi connectivity index (χ3v) is 8.62. The van der Waals surface area contributed by atoms with Crippen molar-refractivity contribution < 1.29 is 23.7 Å². The van der Waals surface area contributed by atoms with E-state index in [0.29, 0.717) is 91.4 Å². The summed E-state index contributed by atoms with van der Waals surface area (Å²) < 4.78 is 24.4. The summed E-state index contributed by atoms with van der Waals surface area (Å²) in [6.45, 7) is 9.95. The number of hydrogen-bond donors (Lipinski definition) is 0. The zero-order valence-electron chi connectivity index (χ0n) is 28.8. The van der Waals surface area contributed by atoms with Gasteiger partial charge in [-0.25, -0.2) is 4.98 Å². The van der Waals surface area contributed by atoms with Crippen molar-refractivity contribution in [3.63, 3.8) is 0 Å². The molecule has 1 fully saturated rings. The third kappa shape index (κ3) is 9.80. The molecular formula is C37H46ClN5O6. The molecule has 1 aliphatic heterocycles. The lowest BCUT2D eigenvalue weighted by molar-refractivity contribution is -0.135. The number of nitrogens with zero attached hydrogens (tertiary/aromatic N) is 5. The molecule has 1 amide bonds. The lowest BCUT2D eigenvalue weighted by atomic mass is 10.1. The Labute approximate surface area is 292 Å². The second-order valence-corrected chi connectivity index (χ2v) is 12.8. The fraction of sp³-hybridized carbons (Fsp3) is 0.432. The minimum Gasteiger partial charge on any atom is -0.489 e. The zero-order valence-corrected chi connectivity index (χ0v) is 29.5. The van der Waals surface area contributed by atoms with Crippen molar-refractivity contribution in [1.29, 1.82) is 0 Å². The monoisotopic (exact) mass is 691 g/mol. The van der Waals surface area contributed by atoms with Crippen LogP contribution in [0, 0.1) is 0 Å². The van der Waals surface area contributed by atoms with Crippen LogP contribution in [0.2, 0.25) is 5.02 Å². The number of hydrogen-bond acceptors (Lipinski definition) is 9. The van der Waals surface area contributed by atoms with Crippen LogP contribution in [0.5, 0.6) is 11.5 Å².